The highest BCUT2D eigenvalue weighted by Crippen LogP contribution is 2.64. The summed E-state index contributed by atoms with van der Waals surface area (Å²) in [6.07, 6.45) is 4.47. The largest absolute Gasteiger partial charge is 0.390 e. The minimum atomic E-state index is -1.41. The van der Waals surface area contributed by atoms with Gasteiger partial charge in [-0.2, -0.15) is 4.99 Å². The zero-order valence-electron chi connectivity index (χ0n) is 14.8. The predicted octanol–water partition coefficient (Wildman–Crippen LogP) is 2.36. The number of aliphatic hydroxyl groups is 1. The maximum absolute atomic E-state index is 15.2. The minimum absolute atomic E-state index is 0.0936. The van der Waals surface area contributed by atoms with Crippen LogP contribution in [0.15, 0.2) is 11.2 Å². The number of hydrogen-bond acceptors (Lipinski definition) is 4. The zero-order valence-corrected chi connectivity index (χ0v) is 15.6. The third kappa shape index (κ3) is 3.00. The maximum Gasteiger partial charge on any atom is 0.254 e. The number of aryl methyl sites for hydroxylation is 1. The van der Waals surface area contributed by atoms with E-state index in [0.717, 1.165) is 4.88 Å². The SMILES string of the molecule is COCCn1cc(C)sc1=NC(=O)C12CC3CC(O)(CC(F)(C3)C1)C2. The average Bonchev–Trinajstić information content (AvgIpc) is 2.81. The number of ether oxygens (including phenoxy) is 1. The number of methoxy groups -OCH3 is 1. The number of aromatic nitrogens is 1. The van der Waals surface area contributed by atoms with Crippen LogP contribution in [-0.2, 0) is 16.1 Å². The summed E-state index contributed by atoms with van der Waals surface area (Å²) in [6.45, 7) is 3.14. The van der Waals surface area contributed by atoms with E-state index in [0.29, 0.717) is 43.6 Å². The average molecular weight is 368 g/mol. The third-order valence-corrected chi connectivity index (χ3v) is 6.93. The quantitative estimate of drug-likeness (QED) is 0.887. The van der Waals surface area contributed by atoms with Crippen molar-refractivity contribution in [1.29, 1.82) is 0 Å². The summed E-state index contributed by atoms with van der Waals surface area (Å²) >= 11 is 1.46. The van der Waals surface area contributed by atoms with Crippen LogP contribution in [0.1, 0.15) is 43.4 Å². The number of nitrogens with zero attached hydrogens (tertiary/aromatic N) is 2. The fraction of sp³-hybridized carbons (Fsp3) is 0.778. The van der Waals surface area contributed by atoms with Crippen molar-refractivity contribution in [2.45, 2.75) is 63.3 Å². The molecule has 1 amide bonds. The summed E-state index contributed by atoms with van der Waals surface area (Å²) in [5.41, 5.74) is -3.27. The molecule has 1 heterocycles. The number of alkyl halides is 1. The summed E-state index contributed by atoms with van der Waals surface area (Å²) in [7, 11) is 1.64. The van der Waals surface area contributed by atoms with Crippen molar-refractivity contribution in [2.24, 2.45) is 16.3 Å². The second-order valence-electron chi connectivity index (χ2n) is 8.39. The number of halogens is 1. The van der Waals surface area contributed by atoms with Gasteiger partial charge in [-0.25, -0.2) is 4.39 Å². The fourth-order valence-corrected chi connectivity index (χ4v) is 6.51. The Morgan fingerprint density at radius 3 is 2.92 bits per heavy atom. The van der Waals surface area contributed by atoms with Crippen LogP contribution in [0.3, 0.4) is 0 Å². The van der Waals surface area contributed by atoms with Crippen molar-refractivity contribution >= 4 is 17.2 Å². The molecule has 7 heteroatoms. The van der Waals surface area contributed by atoms with Crippen LogP contribution < -0.4 is 4.80 Å². The summed E-state index contributed by atoms with van der Waals surface area (Å²) in [4.78, 5) is 19.2. The molecule has 4 fully saturated rings. The predicted molar refractivity (Wildman–Crippen MR) is 91.9 cm³/mol. The Balaban J connectivity index is 1.68. The molecule has 0 radical (unpaired) electrons. The number of carbonyl (C=O) groups excluding carboxylic acids is 1. The van der Waals surface area contributed by atoms with E-state index in [4.69, 9.17) is 4.74 Å². The van der Waals surface area contributed by atoms with Gasteiger partial charge in [-0.15, -0.1) is 11.3 Å². The third-order valence-electron chi connectivity index (χ3n) is 5.99. The molecular formula is C18H25FN2O3S. The molecule has 1 N–H and O–H groups in total. The van der Waals surface area contributed by atoms with Gasteiger partial charge in [0.05, 0.1) is 17.6 Å². The summed E-state index contributed by atoms with van der Waals surface area (Å²) in [5.74, 6) is -0.166. The van der Waals surface area contributed by atoms with Crippen LogP contribution in [0, 0.1) is 18.3 Å². The maximum atomic E-state index is 15.2. The molecule has 4 aliphatic rings. The smallest absolute Gasteiger partial charge is 0.254 e. The van der Waals surface area contributed by atoms with E-state index < -0.39 is 16.7 Å². The Morgan fingerprint density at radius 2 is 2.24 bits per heavy atom. The lowest BCUT2D eigenvalue weighted by atomic mass is 9.46. The van der Waals surface area contributed by atoms with Gasteiger partial charge in [-0.1, -0.05) is 0 Å². The molecule has 0 aromatic carbocycles. The second-order valence-corrected chi connectivity index (χ2v) is 9.61. The van der Waals surface area contributed by atoms with Crippen molar-refractivity contribution in [3.05, 3.63) is 15.9 Å². The molecule has 4 aliphatic carbocycles. The van der Waals surface area contributed by atoms with Gasteiger partial charge in [0.25, 0.3) is 5.91 Å². The van der Waals surface area contributed by atoms with E-state index in [1.807, 2.05) is 17.7 Å². The van der Waals surface area contributed by atoms with Crippen LogP contribution in [0.5, 0.6) is 0 Å². The topological polar surface area (TPSA) is 63.8 Å². The van der Waals surface area contributed by atoms with Gasteiger partial charge in [0.1, 0.15) is 5.67 Å². The van der Waals surface area contributed by atoms with E-state index in [2.05, 4.69) is 4.99 Å². The molecule has 0 spiro atoms. The van der Waals surface area contributed by atoms with Gasteiger partial charge in [-0.05, 0) is 44.9 Å². The van der Waals surface area contributed by atoms with Crippen LogP contribution in [-0.4, -0.2) is 40.6 Å². The standard InChI is InChI=1S/C18H25FN2O3S/c1-12-8-21(3-4-24-2)15(25-12)20-14(22)16-5-13-6-17(19,9-16)11-18(23,7-13)10-16/h8,13,23H,3-7,9-11H2,1-2H3. The van der Waals surface area contributed by atoms with Crippen LogP contribution in [0.4, 0.5) is 4.39 Å². The van der Waals surface area contributed by atoms with Gasteiger partial charge in [0.15, 0.2) is 4.80 Å². The second kappa shape index (κ2) is 5.72. The van der Waals surface area contributed by atoms with Crippen molar-refractivity contribution in [3.63, 3.8) is 0 Å². The number of rotatable bonds is 4. The normalized spacial score (nSPS) is 40.0. The van der Waals surface area contributed by atoms with E-state index in [1.165, 1.54) is 11.3 Å². The van der Waals surface area contributed by atoms with Gasteiger partial charge < -0.3 is 14.4 Å². The first-order chi connectivity index (χ1) is 11.7. The fourth-order valence-electron chi connectivity index (χ4n) is 5.65. The summed E-state index contributed by atoms with van der Waals surface area (Å²) in [6, 6.07) is 0. The number of thiazole rings is 1. The Morgan fingerprint density at radius 1 is 1.44 bits per heavy atom. The van der Waals surface area contributed by atoms with Crippen LogP contribution in [0.2, 0.25) is 0 Å². The van der Waals surface area contributed by atoms with Crippen molar-refractivity contribution in [1.82, 2.24) is 4.57 Å². The molecule has 138 valence electrons. The molecule has 5 rings (SSSR count). The Labute approximate surface area is 150 Å². The van der Waals surface area contributed by atoms with E-state index >= 15 is 4.39 Å². The van der Waals surface area contributed by atoms with Crippen molar-refractivity contribution in [2.75, 3.05) is 13.7 Å². The van der Waals surface area contributed by atoms with Crippen LogP contribution >= 0.6 is 11.3 Å². The Hall–Kier alpha value is -1.05. The lowest BCUT2D eigenvalue weighted by Crippen LogP contribution is -2.63. The highest BCUT2D eigenvalue weighted by Gasteiger charge is 2.66. The first-order valence-electron chi connectivity index (χ1n) is 8.91. The molecule has 4 saturated carbocycles. The number of carbonyl (C=O) groups is 1. The first kappa shape index (κ1) is 17.4. The molecule has 0 saturated heterocycles. The molecular weight excluding hydrogens is 343 g/mol. The minimum Gasteiger partial charge on any atom is -0.390 e. The molecule has 0 aliphatic heterocycles. The lowest BCUT2D eigenvalue weighted by Gasteiger charge is -2.60. The van der Waals surface area contributed by atoms with Crippen molar-refractivity contribution in [3.8, 4) is 0 Å². The molecule has 1 aromatic rings. The lowest BCUT2D eigenvalue weighted by molar-refractivity contribution is -0.205. The highest BCUT2D eigenvalue weighted by atomic mass is 32.1. The molecule has 4 unspecified atom stereocenters. The number of amides is 1. The molecule has 25 heavy (non-hydrogen) atoms. The van der Waals surface area contributed by atoms with E-state index in [-0.39, 0.29) is 24.7 Å². The van der Waals surface area contributed by atoms with E-state index in [1.54, 1.807) is 7.11 Å². The highest BCUT2D eigenvalue weighted by molar-refractivity contribution is 7.09. The molecule has 4 bridgehead atoms. The van der Waals surface area contributed by atoms with Gasteiger partial charge >= 0.3 is 0 Å². The molecule has 1 aromatic heterocycles. The Bertz CT molecular complexity index is 753. The summed E-state index contributed by atoms with van der Waals surface area (Å²) < 4.78 is 22.2. The monoisotopic (exact) mass is 368 g/mol. The van der Waals surface area contributed by atoms with Gasteiger partial charge in [0, 0.05) is 31.1 Å². The zero-order chi connectivity index (χ0) is 17.9. The molecule has 4 atom stereocenters. The van der Waals surface area contributed by atoms with Crippen molar-refractivity contribution < 1.29 is 19.0 Å². The number of hydrogen-bond donors (Lipinski definition) is 1. The Kier molecular flexibility index (Phi) is 3.98. The van der Waals surface area contributed by atoms with Gasteiger partial charge in [-0.3, -0.25) is 4.79 Å². The van der Waals surface area contributed by atoms with Crippen LogP contribution in [0.25, 0.3) is 0 Å². The summed E-state index contributed by atoms with van der Waals surface area (Å²) in [5, 5.41) is 10.8. The van der Waals surface area contributed by atoms with Gasteiger partial charge in [0.2, 0.25) is 0 Å². The van der Waals surface area contributed by atoms with E-state index in [9.17, 15) is 9.90 Å². The first-order valence-corrected chi connectivity index (χ1v) is 9.73. The molecule has 5 nitrogen and oxygen atoms in total.